The monoisotopic (exact) mass is 452 g/mol. The van der Waals surface area contributed by atoms with Gasteiger partial charge in [0.2, 0.25) is 4.80 Å². The molecule has 0 aliphatic rings. The van der Waals surface area contributed by atoms with Crippen LogP contribution in [0.5, 0.6) is 17.2 Å². The number of methoxy groups -OCH3 is 4. The second-order valence-electron chi connectivity index (χ2n) is 5.94. The van der Waals surface area contributed by atoms with E-state index >= 15 is 0 Å². The largest absolute Gasteiger partial charge is 0.497 e. The minimum atomic E-state index is -4.06. The number of carbonyl (C=O) groups excluding carboxylic acids is 1. The fourth-order valence-corrected chi connectivity index (χ4v) is 5.11. The van der Waals surface area contributed by atoms with Crippen molar-refractivity contribution in [3.8, 4) is 17.2 Å². The Hall–Kier alpha value is -3.05. The maximum atomic E-state index is 12.9. The Morgan fingerprint density at radius 2 is 1.60 bits per heavy atom. The van der Waals surface area contributed by atoms with Crippen LogP contribution < -0.4 is 19.0 Å². The van der Waals surface area contributed by atoms with Crippen molar-refractivity contribution in [1.82, 2.24) is 4.57 Å². The average Bonchev–Trinajstić information content (AvgIpc) is 3.10. The van der Waals surface area contributed by atoms with E-state index in [2.05, 4.69) is 4.40 Å². The van der Waals surface area contributed by atoms with E-state index in [4.69, 9.17) is 18.9 Å². The number of carbonyl (C=O) groups is 1. The second-order valence-corrected chi connectivity index (χ2v) is 8.52. The van der Waals surface area contributed by atoms with Crippen LogP contribution >= 0.6 is 11.3 Å². The van der Waals surface area contributed by atoms with Crippen molar-refractivity contribution in [2.24, 2.45) is 4.40 Å². The molecule has 1 heterocycles. The van der Waals surface area contributed by atoms with E-state index in [1.54, 1.807) is 12.1 Å². The summed E-state index contributed by atoms with van der Waals surface area (Å²) in [5, 5.41) is 0. The quantitative estimate of drug-likeness (QED) is 0.506. The number of benzene rings is 2. The minimum absolute atomic E-state index is 0.00990. The first-order valence-corrected chi connectivity index (χ1v) is 10.9. The molecule has 0 aliphatic heterocycles. The zero-order valence-electron chi connectivity index (χ0n) is 16.7. The number of thiazole rings is 1. The molecule has 0 unspecified atom stereocenters. The number of hydrogen-bond acceptors (Lipinski definition) is 8. The molecule has 0 bridgehead atoms. The topological polar surface area (TPSA) is 105 Å². The van der Waals surface area contributed by atoms with E-state index in [9.17, 15) is 13.2 Å². The van der Waals surface area contributed by atoms with Crippen LogP contribution in [0.15, 0.2) is 45.7 Å². The molecule has 3 rings (SSSR count). The van der Waals surface area contributed by atoms with Gasteiger partial charge in [0.15, 0.2) is 0 Å². The van der Waals surface area contributed by atoms with Crippen LogP contribution in [0.2, 0.25) is 0 Å². The smallest absolute Gasteiger partial charge is 0.325 e. The molecule has 0 saturated heterocycles. The number of sulfonamides is 1. The van der Waals surface area contributed by atoms with Crippen molar-refractivity contribution >= 4 is 37.5 Å². The highest BCUT2D eigenvalue weighted by atomic mass is 32.2. The number of ether oxygens (including phenoxy) is 4. The predicted molar refractivity (Wildman–Crippen MR) is 111 cm³/mol. The van der Waals surface area contributed by atoms with Crippen molar-refractivity contribution in [3.63, 3.8) is 0 Å². The van der Waals surface area contributed by atoms with Crippen LogP contribution in [-0.4, -0.2) is 47.4 Å². The van der Waals surface area contributed by atoms with E-state index < -0.39 is 16.0 Å². The Bertz CT molecular complexity index is 1240. The summed E-state index contributed by atoms with van der Waals surface area (Å²) in [5.74, 6) is 0.890. The second kappa shape index (κ2) is 8.76. The van der Waals surface area contributed by atoms with Crippen molar-refractivity contribution in [2.75, 3.05) is 28.4 Å². The summed E-state index contributed by atoms with van der Waals surface area (Å²) >= 11 is 1.07. The van der Waals surface area contributed by atoms with Crippen LogP contribution in [0.4, 0.5) is 0 Å². The first-order valence-electron chi connectivity index (χ1n) is 8.60. The number of rotatable bonds is 7. The molecule has 0 N–H and O–H groups in total. The third kappa shape index (κ3) is 4.12. The molecule has 11 heteroatoms. The molecule has 9 nitrogen and oxygen atoms in total. The zero-order valence-corrected chi connectivity index (χ0v) is 18.4. The lowest BCUT2D eigenvalue weighted by Gasteiger charge is -2.09. The van der Waals surface area contributed by atoms with Gasteiger partial charge in [0.05, 0.1) is 33.3 Å². The van der Waals surface area contributed by atoms with Gasteiger partial charge >= 0.3 is 5.97 Å². The number of aromatic nitrogens is 1. The van der Waals surface area contributed by atoms with Gasteiger partial charge in [-0.1, -0.05) is 11.3 Å². The van der Waals surface area contributed by atoms with E-state index in [-0.39, 0.29) is 16.2 Å². The molecule has 3 aromatic rings. The van der Waals surface area contributed by atoms with E-state index in [0.717, 1.165) is 11.3 Å². The van der Waals surface area contributed by atoms with Gasteiger partial charge in [-0.3, -0.25) is 4.79 Å². The lowest BCUT2D eigenvalue weighted by atomic mass is 10.3. The van der Waals surface area contributed by atoms with Gasteiger partial charge in [0.25, 0.3) is 10.0 Å². The molecular formula is C19H20N2O7S2. The predicted octanol–water partition coefficient (Wildman–Crippen LogP) is 2.19. The fraction of sp³-hybridized carbons (Fsp3) is 0.263. The number of hydrogen-bond donors (Lipinski definition) is 0. The third-order valence-electron chi connectivity index (χ3n) is 4.26. The van der Waals surface area contributed by atoms with Crippen LogP contribution in [-0.2, 0) is 26.1 Å². The highest BCUT2D eigenvalue weighted by Gasteiger charge is 2.20. The van der Waals surface area contributed by atoms with Crippen LogP contribution in [0, 0.1) is 0 Å². The molecular weight excluding hydrogens is 432 g/mol. The summed E-state index contributed by atoms with van der Waals surface area (Å²) in [6.45, 7) is -0.253. The number of esters is 1. The first kappa shape index (κ1) is 21.7. The van der Waals surface area contributed by atoms with Gasteiger partial charge in [0, 0.05) is 0 Å². The van der Waals surface area contributed by atoms with E-state index in [1.807, 2.05) is 0 Å². The van der Waals surface area contributed by atoms with Crippen LogP contribution in [0.3, 0.4) is 0 Å². The molecule has 1 aromatic heterocycles. The van der Waals surface area contributed by atoms with E-state index in [0.29, 0.717) is 27.5 Å². The van der Waals surface area contributed by atoms with Crippen LogP contribution in [0.25, 0.3) is 10.2 Å². The van der Waals surface area contributed by atoms with Gasteiger partial charge < -0.3 is 23.5 Å². The summed E-state index contributed by atoms with van der Waals surface area (Å²) in [4.78, 5) is 12.1. The van der Waals surface area contributed by atoms with Crippen molar-refractivity contribution in [3.05, 3.63) is 41.2 Å². The number of fused-ring (bicyclic) bond motifs is 1. The summed E-state index contributed by atoms with van der Waals surface area (Å²) in [7, 11) is 1.65. The molecule has 2 aromatic carbocycles. The lowest BCUT2D eigenvalue weighted by Crippen LogP contribution is -2.22. The number of nitrogens with zero attached hydrogens (tertiary/aromatic N) is 2. The minimum Gasteiger partial charge on any atom is -0.497 e. The molecule has 0 amide bonds. The molecule has 30 heavy (non-hydrogen) atoms. The third-order valence-corrected chi connectivity index (χ3v) is 6.75. The van der Waals surface area contributed by atoms with Gasteiger partial charge in [-0.2, -0.15) is 8.42 Å². The molecule has 0 radical (unpaired) electrons. The summed E-state index contributed by atoms with van der Waals surface area (Å²) in [6.07, 6.45) is 0. The Kier molecular flexibility index (Phi) is 6.32. The highest BCUT2D eigenvalue weighted by molar-refractivity contribution is 7.90. The van der Waals surface area contributed by atoms with Gasteiger partial charge in [0.1, 0.15) is 34.0 Å². The Morgan fingerprint density at radius 3 is 2.17 bits per heavy atom. The Labute approximate surface area is 177 Å². The van der Waals surface area contributed by atoms with E-state index in [1.165, 1.54) is 57.3 Å². The van der Waals surface area contributed by atoms with Crippen molar-refractivity contribution in [1.29, 1.82) is 0 Å². The molecule has 0 fully saturated rings. The van der Waals surface area contributed by atoms with Gasteiger partial charge in [-0.15, -0.1) is 4.40 Å². The molecule has 160 valence electrons. The molecule has 0 aliphatic carbocycles. The normalized spacial score (nSPS) is 12.1. The summed E-state index contributed by atoms with van der Waals surface area (Å²) < 4.78 is 52.4. The lowest BCUT2D eigenvalue weighted by molar-refractivity contribution is -0.141. The zero-order chi connectivity index (χ0) is 21.9. The first-order chi connectivity index (χ1) is 14.3. The highest BCUT2D eigenvalue weighted by Crippen LogP contribution is 2.35. The molecule has 0 atom stereocenters. The molecule has 0 saturated carbocycles. The summed E-state index contributed by atoms with van der Waals surface area (Å²) in [6, 6.07) is 9.22. The Balaban J connectivity index is 2.30. The van der Waals surface area contributed by atoms with Crippen molar-refractivity contribution < 1.29 is 32.2 Å². The maximum Gasteiger partial charge on any atom is 0.325 e. The average molecular weight is 453 g/mol. The molecule has 0 spiro atoms. The summed E-state index contributed by atoms with van der Waals surface area (Å²) in [5.41, 5.74) is 0.482. The van der Waals surface area contributed by atoms with Crippen LogP contribution in [0.1, 0.15) is 0 Å². The fourth-order valence-electron chi connectivity index (χ4n) is 2.77. The van der Waals surface area contributed by atoms with Crippen molar-refractivity contribution in [2.45, 2.75) is 11.4 Å². The SMILES string of the molecule is COC(=O)Cn1/c(=N/S(=O)(=O)c2ccc(OC)cc2)sc2c(OC)ccc(OC)c21. The van der Waals surface area contributed by atoms with Gasteiger partial charge in [-0.05, 0) is 36.4 Å². The van der Waals surface area contributed by atoms with Gasteiger partial charge in [-0.25, -0.2) is 0 Å². The Morgan fingerprint density at radius 1 is 0.967 bits per heavy atom. The standard InChI is InChI=1S/C19H20N2O7S2/c1-25-12-5-7-13(8-6-12)30(23,24)20-19-21(11-16(22)28-4)17-14(26-2)9-10-15(27-3)18(17)29-19/h5-10H,11H2,1-4H3/b20-19-. The maximum absolute atomic E-state index is 12.9.